The van der Waals surface area contributed by atoms with Crippen LogP contribution in [0.15, 0.2) is 30.3 Å². The minimum atomic E-state index is 0.107. The first kappa shape index (κ1) is 17.0. The van der Waals surface area contributed by atoms with Crippen LogP contribution in [0.5, 0.6) is 0 Å². The molecule has 0 aliphatic carbocycles. The average molecular weight is 345 g/mol. The Balaban J connectivity index is 1.35. The van der Waals surface area contributed by atoms with Gasteiger partial charge in [-0.1, -0.05) is 30.3 Å². The lowest BCUT2D eigenvalue weighted by Gasteiger charge is -2.25. The van der Waals surface area contributed by atoms with Crippen molar-refractivity contribution in [3.63, 3.8) is 0 Å². The minimum Gasteiger partial charge on any atom is -0.381 e. The molecule has 3 heterocycles. The summed E-state index contributed by atoms with van der Waals surface area (Å²) in [6.07, 6.45) is 2.72. The first-order chi connectivity index (χ1) is 12.3. The van der Waals surface area contributed by atoms with Gasteiger partial charge in [0.05, 0.1) is 38.4 Å². The third-order valence-electron chi connectivity index (χ3n) is 5.75. The Morgan fingerprint density at radius 3 is 2.72 bits per heavy atom. The summed E-state index contributed by atoms with van der Waals surface area (Å²) >= 11 is 0. The molecule has 0 unspecified atom stereocenters. The highest BCUT2D eigenvalue weighted by Gasteiger charge is 2.47. The fourth-order valence-electron chi connectivity index (χ4n) is 4.21. The highest BCUT2D eigenvalue weighted by molar-refractivity contribution is 5.79. The van der Waals surface area contributed by atoms with Crippen molar-refractivity contribution in [2.75, 3.05) is 39.6 Å². The number of amides is 1. The summed E-state index contributed by atoms with van der Waals surface area (Å²) in [4.78, 5) is 14.8. The first-order valence-electron chi connectivity index (χ1n) is 9.42. The summed E-state index contributed by atoms with van der Waals surface area (Å²) in [5, 5.41) is 0. The molecule has 3 aliphatic rings. The van der Waals surface area contributed by atoms with Crippen molar-refractivity contribution in [2.45, 2.75) is 31.4 Å². The van der Waals surface area contributed by atoms with Crippen molar-refractivity contribution in [3.05, 3.63) is 35.9 Å². The highest BCUT2D eigenvalue weighted by atomic mass is 16.5. The number of carbonyl (C=O) groups is 1. The van der Waals surface area contributed by atoms with Crippen LogP contribution in [0.2, 0.25) is 0 Å². The lowest BCUT2D eigenvalue weighted by molar-refractivity contribution is -0.132. The smallest absolute Gasteiger partial charge is 0.227 e. The number of likely N-dealkylation sites (tertiary alicyclic amines) is 1. The topological polar surface area (TPSA) is 48.0 Å². The zero-order valence-electron chi connectivity index (χ0n) is 14.6. The Labute approximate surface area is 149 Å². The molecule has 0 saturated carbocycles. The minimum absolute atomic E-state index is 0.107. The summed E-state index contributed by atoms with van der Waals surface area (Å²) in [7, 11) is 0. The van der Waals surface area contributed by atoms with E-state index in [2.05, 4.69) is 0 Å². The van der Waals surface area contributed by atoms with E-state index in [4.69, 9.17) is 14.2 Å². The molecule has 1 aromatic rings. The van der Waals surface area contributed by atoms with E-state index in [0.29, 0.717) is 38.0 Å². The SMILES string of the molecule is O=C(Cc1ccccc1)N1C[C@H](OCC2CCOCC2)[C@H]2COC[C@H]21. The molecular weight excluding hydrogens is 318 g/mol. The van der Waals surface area contributed by atoms with Crippen molar-refractivity contribution < 1.29 is 19.0 Å². The van der Waals surface area contributed by atoms with Gasteiger partial charge in [-0.05, 0) is 24.3 Å². The number of hydrogen-bond donors (Lipinski definition) is 0. The zero-order chi connectivity index (χ0) is 17.1. The van der Waals surface area contributed by atoms with Crippen molar-refractivity contribution in [1.29, 1.82) is 0 Å². The van der Waals surface area contributed by atoms with Crippen molar-refractivity contribution in [1.82, 2.24) is 4.90 Å². The molecule has 5 nitrogen and oxygen atoms in total. The van der Waals surface area contributed by atoms with Crippen LogP contribution in [-0.4, -0.2) is 62.5 Å². The average Bonchev–Trinajstić information content (AvgIpc) is 3.24. The summed E-state index contributed by atoms with van der Waals surface area (Å²) < 4.78 is 17.3. The lowest BCUT2D eigenvalue weighted by atomic mass is 10.00. The third kappa shape index (κ3) is 3.89. The van der Waals surface area contributed by atoms with Crippen molar-refractivity contribution in [2.24, 2.45) is 11.8 Å². The molecule has 0 aromatic heterocycles. The molecule has 136 valence electrons. The van der Waals surface area contributed by atoms with Crippen LogP contribution < -0.4 is 0 Å². The molecule has 3 saturated heterocycles. The van der Waals surface area contributed by atoms with E-state index >= 15 is 0 Å². The quantitative estimate of drug-likeness (QED) is 0.818. The van der Waals surface area contributed by atoms with E-state index in [0.717, 1.165) is 38.2 Å². The third-order valence-corrected chi connectivity index (χ3v) is 5.75. The largest absolute Gasteiger partial charge is 0.381 e. The van der Waals surface area contributed by atoms with Crippen LogP contribution in [0.3, 0.4) is 0 Å². The Morgan fingerprint density at radius 2 is 1.92 bits per heavy atom. The van der Waals surface area contributed by atoms with Gasteiger partial charge in [-0.15, -0.1) is 0 Å². The molecule has 5 heteroatoms. The number of fused-ring (bicyclic) bond motifs is 1. The molecule has 3 atom stereocenters. The van der Waals surface area contributed by atoms with Crippen LogP contribution in [0.25, 0.3) is 0 Å². The number of ether oxygens (including phenoxy) is 3. The lowest BCUT2D eigenvalue weighted by Crippen LogP contribution is -2.39. The predicted octanol–water partition coefficient (Wildman–Crippen LogP) is 1.90. The van der Waals surface area contributed by atoms with E-state index < -0.39 is 0 Å². The van der Waals surface area contributed by atoms with Crippen molar-refractivity contribution in [3.8, 4) is 0 Å². The van der Waals surface area contributed by atoms with Gasteiger partial charge in [-0.25, -0.2) is 0 Å². The second-order valence-electron chi connectivity index (χ2n) is 7.40. The molecule has 25 heavy (non-hydrogen) atoms. The van der Waals surface area contributed by atoms with Gasteiger partial charge >= 0.3 is 0 Å². The highest BCUT2D eigenvalue weighted by Crippen LogP contribution is 2.33. The van der Waals surface area contributed by atoms with Crippen LogP contribution in [0, 0.1) is 11.8 Å². The van der Waals surface area contributed by atoms with Crippen LogP contribution in [-0.2, 0) is 25.4 Å². The van der Waals surface area contributed by atoms with Crippen molar-refractivity contribution >= 4 is 5.91 Å². The van der Waals surface area contributed by atoms with E-state index in [9.17, 15) is 4.79 Å². The molecule has 0 spiro atoms. The molecule has 1 amide bonds. The predicted molar refractivity (Wildman–Crippen MR) is 93.2 cm³/mol. The number of carbonyl (C=O) groups excluding carboxylic acids is 1. The second-order valence-corrected chi connectivity index (χ2v) is 7.40. The van der Waals surface area contributed by atoms with Gasteiger partial charge in [-0.2, -0.15) is 0 Å². The fraction of sp³-hybridized carbons (Fsp3) is 0.650. The van der Waals surface area contributed by atoms with Gasteiger partial charge in [0.2, 0.25) is 5.91 Å². The maximum atomic E-state index is 12.8. The maximum absolute atomic E-state index is 12.8. The molecule has 4 rings (SSSR count). The van der Waals surface area contributed by atoms with Gasteiger partial charge in [0, 0.05) is 25.7 Å². The van der Waals surface area contributed by atoms with Gasteiger partial charge < -0.3 is 19.1 Å². The van der Waals surface area contributed by atoms with Crippen LogP contribution >= 0.6 is 0 Å². The number of nitrogens with zero attached hydrogens (tertiary/aromatic N) is 1. The Morgan fingerprint density at radius 1 is 1.12 bits per heavy atom. The van der Waals surface area contributed by atoms with Gasteiger partial charge in [0.15, 0.2) is 0 Å². The van der Waals surface area contributed by atoms with Crippen LogP contribution in [0.4, 0.5) is 0 Å². The summed E-state index contributed by atoms with van der Waals surface area (Å²) in [6, 6.07) is 10.1. The molecule has 3 fully saturated rings. The Bertz CT molecular complexity index is 572. The molecule has 0 bridgehead atoms. The molecule has 0 radical (unpaired) electrons. The molecule has 0 N–H and O–H groups in total. The second kappa shape index (κ2) is 7.85. The first-order valence-corrected chi connectivity index (χ1v) is 9.42. The number of benzene rings is 1. The fourth-order valence-corrected chi connectivity index (χ4v) is 4.21. The van der Waals surface area contributed by atoms with E-state index in [1.807, 2.05) is 35.2 Å². The summed E-state index contributed by atoms with van der Waals surface area (Å²) in [6.45, 7) is 4.51. The molecule has 3 aliphatic heterocycles. The van der Waals surface area contributed by atoms with Gasteiger partial charge in [0.25, 0.3) is 0 Å². The summed E-state index contributed by atoms with van der Waals surface area (Å²) in [5.41, 5.74) is 1.06. The van der Waals surface area contributed by atoms with E-state index in [1.54, 1.807) is 0 Å². The standard InChI is InChI=1S/C20H27NO4/c22-20(10-15-4-2-1-3-5-15)21-11-19(17-13-24-14-18(17)21)25-12-16-6-8-23-9-7-16/h1-5,16-19H,6-14H2/t17-,18+,19-/m0/s1. The molecule has 1 aromatic carbocycles. The molecular formula is C20H27NO4. The maximum Gasteiger partial charge on any atom is 0.227 e. The zero-order valence-corrected chi connectivity index (χ0v) is 14.6. The van der Waals surface area contributed by atoms with Gasteiger partial charge in [0.1, 0.15) is 0 Å². The monoisotopic (exact) mass is 345 g/mol. The van der Waals surface area contributed by atoms with Gasteiger partial charge in [-0.3, -0.25) is 4.79 Å². The van der Waals surface area contributed by atoms with E-state index in [-0.39, 0.29) is 18.1 Å². The Hall–Kier alpha value is -1.43. The van der Waals surface area contributed by atoms with E-state index in [1.165, 1.54) is 0 Å². The van der Waals surface area contributed by atoms with Crippen LogP contribution in [0.1, 0.15) is 18.4 Å². The summed E-state index contributed by atoms with van der Waals surface area (Å²) in [5.74, 6) is 1.09. The Kier molecular flexibility index (Phi) is 5.34. The number of rotatable bonds is 5. The normalized spacial score (nSPS) is 29.8. The number of hydrogen-bond acceptors (Lipinski definition) is 4.